The van der Waals surface area contributed by atoms with Gasteiger partial charge in [-0.25, -0.2) is 17.6 Å². The lowest BCUT2D eigenvalue weighted by atomic mass is 9.91. The third kappa shape index (κ3) is 7.50. The van der Waals surface area contributed by atoms with E-state index in [0.29, 0.717) is 18.9 Å². The van der Waals surface area contributed by atoms with E-state index in [1.165, 1.54) is 27.1 Å². The first-order valence-corrected chi connectivity index (χ1v) is 10.8. The molecule has 0 aliphatic heterocycles. The summed E-state index contributed by atoms with van der Waals surface area (Å²) < 4.78 is 71.7. The van der Waals surface area contributed by atoms with E-state index in [4.69, 9.17) is 14.2 Å². The van der Waals surface area contributed by atoms with E-state index in [9.17, 15) is 17.6 Å². The molecule has 7 heteroatoms. The van der Waals surface area contributed by atoms with Gasteiger partial charge in [-0.3, -0.25) is 0 Å². The number of hydrogen-bond donors (Lipinski definition) is 0. The van der Waals surface area contributed by atoms with Crippen LogP contribution in [-0.2, 0) is 20.6 Å². The van der Waals surface area contributed by atoms with E-state index in [2.05, 4.69) is 6.92 Å². The normalized spacial score (nSPS) is 13.3. The van der Waals surface area contributed by atoms with Crippen molar-refractivity contribution in [1.29, 1.82) is 0 Å². The molecule has 0 saturated carbocycles. The molecule has 1 aromatic rings. The minimum absolute atomic E-state index is 0.00359. The third-order valence-electron chi connectivity index (χ3n) is 5.32. The number of rotatable bonds is 15. The molecule has 30 heavy (non-hydrogen) atoms. The molecule has 1 rings (SSSR count). The van der Waals surface area contributed by atoms with Gasteiger partial charge in [0.1, 0.15) is 0 Å². The highest BCUT2D eigenvalue weighted by Crippen LogP contribution is 2.34. The summed E-state index contributed by atoms with van der Waals surface area (Å²) in [6, 6.07) is 0.708. The number of ether oxygens (including phenoxy) is 3. The third-order valence-corrected chi connectivity index (χ3v) is 5.32. The Kier molecular flexibility index (Phi) is 11.9. The summed E-state index contributed by atoms with van der Waals surface area (Å²) >= 11 is 0. The number of unbranched alkanes of at least 4 members (excludes halogenated alkanes) is 5. The van der Waals surface area contributed by atoms with Crippen molar-refractivity contribution in [1.82, 2.24) is 0 Å². The lowest BCUT2D eigenvalue weighted by Crippen LogP contribution is -2.46. The zero-order chi connectivity index (χ0) is 22.7. The van der Waals surface area contributed by atoms with Gasteiger partial charge in [-0.05, 0) is 44.7 Å². The van der Waals surface area contributed by atoms with Gasteiger partial charge in [-0.15, -0.1) is 0 Å². The van der Waals surface area contributed by atoms with Crippen LogP contribution in [0.5, 0.6) is 0 Å². The highest BCUT2D eigenvalue weighted by atomic mass is 19.2. The molecule has 0 bridgehead atoms. The SMILES string of the molecule is CCCCCCCCC(CCc1cc(F)c(F)c(F)c1F)C(OC)(OC)OC(C)C. The van der Waals surface area contributed by atoms with Crippen LogP contribution in [0.1, 0.15) is 77.7 Å². The van der Waals surface area contributed by atoms with Gasteiger partial charge in [0.25, 0.3) is 5.97 Å². The molecule has 0 fully saturated rings. The van der Waals surface area contributed by atoms with Crippen molar-refractivity contribution in [2.75, 3.05) is 14.2 Å². The zero-order valence-electron chi connectivity index (χ0n) is 18.8. The molecule has 0 saturated heterocycles. The summed E-state index contributed by atoms with van der Waals surface area (Å²) in [6.45, 7) is 5.85. The monoisotopic (exact) mass is 436 g/mol. The Morgan fingerprint density at radius 3 is 2.00 bits per heavy atom. The Hall–Kier alpha value is -1.18. The summed E-state index contributed by atoms with van der Waals surface area (Å²) in [5.41, 5.74) is -0.218. The summed E-state index contributed by atoms with van der Waals surface area (Å²) in [6.07, 6.45) is 7.32. The first-order valence-electron chi connectivity index (χ1n) is 10.8. The van der Waals surface area contributed by atoms with Gasteiger partial charge in [0, 0.05) is 20.1 Å². The second-order valence-electron chi connectivity index (χ2n) is 7.93. The molecule has 0 aromatic heterocycles. The Morgan fingerprint density at radius 2 is 1.43 bits per heavy atom. The van der Waals surface area contributed by atoms with E-state index in [1.54, 1.807) is 0 Å². The van der Waals surface area contributed by atoms with Gasteiger partial charge in [-0.2, -0.15) is 0 Å². The van der Waals surface area contributed by atoms with Crippen LogP contribution in [0.4, 0.5) is 17.6 Å². The van der Waals surface area contributed by atoms with Crippen molar-refractivity contribution >= 4 is 0 Å². The summed E-state index contributed by atoms with van der Waals surface area (Å²) in [4.78, 5) is 0. The van der Waals surface area contributed by atoms with Crippen LogP contribution in [0.25, 0.3) is 0 Å². The fourth-order valence-electron chi connectivity index (χ4n) is 3.74. The van der Waals surface area contributed by atoms with E-state index in [1.807, 2.05) is 13.8 Å². The Morgan fingerprint density at radius 1 is 0.833 bits per heavy atom. The first kappa shape index (κ1) is 26.9. The molecule has 0 heterocycles. The van der Waals surface area contributed by atoms with Crippen LogP contribution in [-0.4, -0.2) is 26.3 Å². The van der Waals surface area contributed by atoms with E-state index < -0.39 is 29.2 Å². The number of halogens is 4. The molecule has 1 aromatic carbocycles. The summed E-state index contributed by atoms with van der Waals surface area (Å²) in [5, 5.41) is 0. The quantitative estimate of drug-likeness (QED) is 0.0982. The minimum Gasteiger partial charge on any atom is -0.331 e. The van der Waals surface area contributed by atoms with Gasteiger partial charge in [0.05, 0.1) is 6.10 Å². The zero-order valence-corrected chi connectivity index (χ0v) is 18.8. The minimum atomic E-state index is -1.80. The first-order chi connectivity index (χ1) is 14.2. The summed E-state index contributed by atoms with van der Waals surface area (Å²) in [5.74, 6) is -8.02. The molecule has 0 aliphatic carbocycles. The standard InChI is InChI=1S/C23H36F4O3/c1-6-7-8-9-10-11-12-18(23(28-4,29-5)30-16(2)3)14-13-17-15-19(24)21(26)22(27)20(17)25/h15-16,18H,6-14H2,1-5H3. The molecule has 0 spiro atoms. The Bertz CT molecular complexity index is 633. The highest BCUT2D eigenvalue weighted by molar-refractivity contribution is 5.22. The molecule has 0 aliphatic rings. The lowest BCUT2D eigenvalue weighted by molar-refractivity contribution is -0.399. The van der Waals surface area contributed by atoms with Crippen molar-refractivity contribution in [2.45, 2.75) is 90.6 Å². The molecular weight excluding hydrogens is 400 g/mol. The molecule has 0 N–H and O–H groups in total. The second kappa shape index (κ2) is 13.3. The predicted molar refractivity (Wildman–Crippen MR) is 109 cm³/mol. The van der Waals surface area contributed by atoms with Crippen LogP contribution in [0.2, 0.25) is 0 Å². The van der Waals surface area contributed by atoms with Crippen LogP contribution in [0, 0.1) is 29.2 Å². The lowest BCUT2D eigenvalue weighted by Gasteiger charge is -2.39. The Balaban J connectivity index is 2.97. The molecule has 1 atom stereocenters. The van der Waals surface area contributed by atoms with Gasteiger partial charge in [0.2, 0.25) is 0 Å². The number of aryl methyl sites for hydroxylation is 1. The molecule has 1 unspecified atom stereocenters. The van der Waals surface area contributed by atoms with Crippen molar-refractivity contribution in [2.24, 2.45) is 5.92 Å². The van der Waals surface area contributed by atoms with Crippen LogP contribution in [0.15, 0.2) is 6.07 Å². The maximum atomic E-state index is 14.1. The number of methoxy groups -OCH3 is 2. The molecule has 3 nitrogen and oxygen atoms in total. The fraction of sp³-hybridized carbons (Fsp3) is 0.739. The molecule has 0 amide bonds. The summed E-state index contributed by atoms with van der Waals surface area (Å²) in [7, 11) is 2.94. The maximum absolute atomic E-state index is 14.1. The average molecular weight is 437 g/mol. The van der Waals surface area contributed by atoms with Gasteiger partial charge in [0.15, 0.2) is 23.3 Å². The molecule has 174 valence electrons. The predicted octanol–water partition coefficient (Wildman–Crippen LogP) is 6.91. The number of hydrogen-bond acceptors (Lipinski definition) is 3. The topological polar surface area (TPSA) is 27.7 Å². The van der Waals surface area contributed by atoms with E-state index in [0.717, 1.165) is 25.7 Å². The Labute approximate surface area is 178 Å². The largest absolute Gasteiger partial charge is 0.331 e. The maximum Gasteiger partial charge on any atom is 0.285 e. The van der Waals surface area contributed by atoms with E-state index >= 15 is 0 Å². The van der Waals surface area contributed by atoms with Crippen molar-refractivity contribution < 1.29 is 31.8 Å². The van der Waals surface area contributed by atoms with Crippen LogP contribution < -0.4 is 0 Å². The smallest absolute Gasteiger partial charge is 0.285 e. The molecular formula is C23H36F4O3. The van der Waals surface area contributed by atoms with E-state index in [-0.39, 0.29) is 24.0 Å². The van der Waals surface area contributed by atoms with Gasteiger partial charge in [-0.1, -0.05) is 45.4 Å². The van der Waals surface area contributed by atoms with Gasteiger partial charge < -0.3 is 14.2 Å². The van der Waals surface area contributed by atoms with Crippen LogP contribution in [0.3, 0.4) is 0 Å². The second-order valence-corrected chi connectivity index (χ2v) is 7.93. The molecule has 0 radical (unpaired) electrons. The van der Waals surface area contributed by atoms with Crippen molar-refractivity contribution in [3.8, 4) is 0 Å². The fourth-order valence-corrected chi connectivity index (χ4v) is 3.74. The van der Waals surface area contributed by atoms with Crippen LogP contribution >= 0.6 is 0 Å². The van der Waals surface area contributed by atoms with Gasteiger partial charge >= 0.3 is 0 Å². The van der Waals surface area contributed by atoms with Crippen molar-refractivity contribution in [3.05, 3.63) is 34.9 Å². The number of benzene rings is 1. The van der Waals surface area contributed by atoms with Crippen molar-refractivity contribution in [3.63, 3.8) is 0 Å². The average Bonchev–Trinajstić information content (AvgIpc) is 2.72. The highest BCUT2D eigenvalue weighted by Gasteiger charge is 2.41.